The molecule has 0 atom stereocenters. The van der Waals surface area contributed by atoms with Gasteiger partial charge in [-0.3, -0.25) is 4.98 Å². The van der Waals surface area contributed by atoms with E-state index in [-0.39, 0.29) is 6.61 Å². The number of nitrogens with zero attached hydrogens (tertiary/aromatic N) is 3. The van der Waals surface area contributed by atoms with Gasteiger partial charge in [-0.15, -0.1) is 0 Å². The molecule has 4 aromatic rings. The molecule has 0 amide bonds. The Kier molecular flexibility index (Phi) is 4.94. The standard InChI is InChI=1S/C21H15Cl2N3O/c22-18-5-6-20(19(23)11-18)26-21(17(13-27)12-25-26)16-3-1-14(2-4-16)15-7-9-24-10-8-15/h1-12,27H,13H2. The molecular weight excluding hydrogens is 381 g/mol. The van der Waals surface area contributed by atoms with E-state index in [4.69, 9.17) is 23.2 Å². The maximum absolute atomic E-state index is 9.77. The minimum Gasteiger partial charge on any atom is -0.392 e. The van der Waals surface area contributed by atoms with E-state index in [2.05, 4.69) is 10.1 Å². The summed E-state index contributed by atoms with van der Waals surface area (Å²) in [5.74, 6) is 0. The van der Waals surface area contributed by atoms with Crippen LogP contribution >= 0.6 is 23.2 Å². The molecule has 4 rings (SSSR count). The Morgan fingerprint density at radius 2 is 1.52 bits per heavy atom. The van der Waals surface area contributed by atoms with Gasteiger partial charge in [-0.1, -0.05) is 47.5 Å². The molecule has 0 radical (unpaired) electrons. The Hall–Kier alpha value is -2.66. The highest BCUT2D eigenvalue weighted by Gasteiger charge is 2.16. The van der Waals surface area contributed by atoms with Crippen LogP contribution in [0.1, 0.15) is 5.56 Å². The summed E-state index contributed by atoms with van der Waals surface area (Å²) < 4.78 is 1.73. The van der Waals surface area contributed by atoms with Crippen LogP contribution in [0.5, 0.6) is 0 Å². The molecule has 4 nitrogen and oxygen atoms in total. The predicted molar refractivity (Wildman–Crippen MR) is 108 cm³/mol. The molecule has 0 bridgehead atoms. The van der Waals surface area contributed by atoms with E-state index in [9.17, 15) is 5.11 Å². The number of aliphatic hydroxyl groups is 1. The van der Waals surface area contributed by atoms with Gasteiger partial charge < -0.3 is 5.11 Å². The number of pyridine rings is 1. The molecule has 0 fully saturated rings. The molecule has 0 aliphatic carbocycles. The fourth-order valence-corrected chi connectivity index (χ4v) is 3.49. The Balaban J connectivity index is 1.81. The van der Waals surface area contributed by atoms with Crippen molar-refractivity contribution in [1.82, 2.24) is 14.8 Å². The van der Waals surface area contributed by atoms with Gasteiger partial charge in [-0.05, 0) is 41.5 Å². The zero-order chi connectivity index (χ0) is 18.8. The first-order valence-electron chi connectivity index (χ1n) is 8.31. The molecule has 6 heteroatoms. The van der Waals surface area contributed by atoms with Gasteiger partial charge >= 0.3 is 0 Å². The molecule has 27 heavy (non-hydrogen) atoms. The lowest BCUT2D eigenvalue weighted by atomic mass is 10.0. The van der Waals surface area contributed by atoms with Crippen molar-refractivity contribution in [3.63, 3.8) is 0 Å². The monoisotopic (exact) mass is 395 g/mol. The van der Waals surface area contributed by atoms with Crippen molar-refractivity contribution in [2.45, 2.75) is 6.61 Å². The van der Waals surface area contributed by atoms with Crippen molar-refractivity contribution >= 4 is 23.2 Å². The van der Waals surface area contributed by atoms with Crippen molar-refractivity contribution in [2.75, 3.05) is 0 Å². The molecule has 1 N–H and O–H groups in total. The van der Waals surface area contributed by atoms with E-state index in [0.29, 0.717) is 15.7 Å². The SMILES string of the molecule is OCc1cnn(-c2ccc(Cl)cc2Cl)c1-c1ccc(-c2ccncc2)cc1. The third-order valence-corrected chi connectivity index (χ3v) is 4.86. The molecule has 0 saturated heterocycles. The Labute approximate surface area is 166 Å². The van der Waals surface area contributed by atoms with Gasteiger partial charge in [0.1, 0.15) is 0 Å². The Morgan fingerprint density at radius 1 is 0.852 bits per heavy atom. The van der Waals surface area contributed by atoms with E-state index in [1.165, 1.54) is 0 Å². The van der Waals surface area contributed by atoms with E-state index >= 15 is 0 Å². The Bertz CT molecular complexity index is 1080. The van der Waals surface area contributed by atoms with Gasteiger partial charge in [-0.25, -0.2) is 4.68 Å². The summed E-state index contributed by atoms with van der Waals surface area (Å²) in [6.07, 6.45) is 5.19. The Morgan fingerprint density at radius 3 is 2.19 bits per heavy atom. The van der Waals surface area contributed by atoms with Crippen molar-refractivity contribution in [3.05, 3.63) is 88.8 Å². The second-order valence-corrected chi connectivity index (χ2v) is 6.84. The fourth-order valence-electron chi connectivity index (χ4n) is 3.01. The summed E-state index contributed by atoms with van der Waals surface area (Å²) in [4.78, 5) is 4.05. The van der Waals surface area contributed by atoms with E-state index in [1.807, 2.05) is 42.5 Å². The second-order valence-electron chi connectivity index (χ2n) is 6.00. The average Bonchev–Trinajstić information content (AvgIpc) is 3.12. The van der Waals surface area contributed by atoms with Crippen LogP contribution in [-0.4, -0.2) is 19.9 Å². The van der Waals surface area contributed by atoms with Gasteiger partial charge in [0.2, 0.25) is 0 Å². The zero-order valence-corrected chi connectivity index (χ0v) is 15.7. The number of aliphatic hydroxyl groups excluding tert-OH is 1. The third-order valence-electron chi connectivity index (χ3n) is 4.33. The fraction of sp³-hybridized carbons (Fsp3) is 0.0476. The highest BCUT2D eigenvalue weighted by molar-refractivity contribution is 6.35. The van der Waals surface area contributed by atoms with Gasteiger partial charge in [0.15, 0.2) is 0 Å². The quantitative estimate of drug-likeness (QED) is 0.503. The van der Waals surface area contributed by atoms with Crippen molar-refractivity contribution in [1.29, 1.82) is 0 Å². The van der Waals surface area contributed by atoms with Gasteiger partial charge in [0.25, 0.3) is 0 Å². The summed E-state index contributed by atoms with van der Waals surface area (Å²) >= 11 is 12.4. The van der Waals surface area contributed by atoms with Crippen molar-refractivity contribution in [2.24, 2.45) is 0 Å². The topological polar surface area (TPSA) is 50.9 Å². The summed E-state index contributed by atoms with van der Waals surface area (Å²) in [5, 5.41) is 15.2. The number of halogens is 2. The number of hydrogen-bond acceptors (Lipinski definition) is 3. The smallest absolute Gasteiger partial charge is 0.0840 e. The maximum atomic E-state index is 9.77. The van der Waals surface area contributed by atoms with E-state index in [1.54, 1.807) is 35.4 Å². The summed E-state index contributed by atoms with van der Waals surface area (Å²) in [6, 6.07) is 17.3. The van der Waals surface area contributed by atoms with E-state index in [0.717, 1.165) is 27.9 Å². The maximum Gasteiger partial charge on any atom is 0.0840 e. The van der Waals surface area contributed by atoms with Crippen LogP contribution in [0.25, 0.3) is 28.1 Å². The van der Waals surface area contributed by atoms with Crippen molar-refractivity contribution < 1.29 is 5.11 Å². The second kappa shape index (κ2) is 7.53. The minimum absolute atomic E-state index is 0.118. The van der Waals surface area contributed by atoms with Crippen LogP contribution < -0.4 is 0 Å². The molecule has 2 aromatic carbocycles. The lowest BCUT2D eigenvalue weighted by molar-refractivity contribution is 0.282. The van der Waals surface area contributed by atoms with Crippen LogP contribution in [0.15, 0.2) is 73.2 Å². The first kappa shape index (κ1) is 17.7. The van der Waals surface area contributed by atoms with Crippen molar-refractivity contribution in [3.8, 4) is 28.1 Å². The molecule has 0 aliphatic heterocycles. The molecule has 0 saturated carbocycles. The molecule has 0 aliphatic rings. The number of benzene rings is 2. The van der Waals surface area contributed by atoms with Gasteiger partial charge in [-0.2, -0.15) is 5.10 Å². The molecule has 0 unspecified atom stereocenters. The number of hydrogen-bond donors (Lipinski definition) is 1. The normalized spacial score (nSPS) is 10.9. The molecular formula is C21H15Cl2N3O. The molecule has 134 valence electrons. The lowest BCUT2D eigenvalue weighted by Crippen LogP contribution is -2.01. The van der Waals surface area contributed by atoms with Gasteiger partial charge in [0, 0.05) is 28.5 Å². The first-order chi connectivity index (χ1) is 13.2. The summed E-state index contributed by atoms with van der Waals surface area (Å²) in [5.41, 5.74) is 5.32. The highest BCUT2D eigenvalue weighted by atomic mass is 35.5. The van der Waals surface area contributed by atoms with Gasteiger partial charge in [0.05, 0.1) is 29.2 Å². The first-order valence-corrected chi connectivity index (χ1v) is 9.07. The number of rotatable bonds is 4. The zero-order valence-electron chi connectivity index (χ0n) is 14.2. The number of aromatic nitrogens is 3. The minimum atomic E-state index is -0.118. The van der Waals surface area contributed by atoms with Crippen LogP contribution in [0.3, 0.4) is 0 Å². The largest absolute Gasteiger partial charge is 0.392 e. The average molecular weight is 396 g/mol. The van der Waals surface area contributed by atoms with Crippen LogP contribution in [0.4, 0.5) is 0 Å². The molecule has 2 aromatic heterocycles. The van der Waals surface area contributed by atoms with Crippen LogP contribution in [0, 0.1) is 0 Å². The third kappa shape index (κ3) is 3.47. The summed E-state index contributed by atoms with van der Waals surface area (Å²) in [6.45, 7) is -0.118. The van der Waals surface area contributed by atoms with Crippen LogP contribution in [0.2, 0.25) is 10.0 Å². The highest BCUT2D eigenvalue weighted by Crippen LogP contribution is 2.32. The molecule has 2 heterocycles. The molecule has 0 spiro atoms. The summed E-state index contributed by atoms with van der Waals surface area (Å²) in [7, 11) is 0. The lowest BCUT2D eigenvalue weighted by Gasteiger charge is -2.12. The van der Waals surface area contributed by atoms with E-state index < -0.39 is 0 Å². The predicted octanol–water partition coefficient (Wildman–Crippen LogP) is 5.40. The van der Waals surface area contributed by atoms with Crippen LogP contribution in [-0.2, 0) is 6.61 Å².